The number of rotatable bonds is 4. The van der Waals surface area contributed by atoms with Gasteiger partial charge in [0.1, 0.15) is 0 Å². The lowest BCUT2D eigenvalue weighted by Gasteiger charge is -2.24. The molecular weight excluding hydrogens is 196 g/mol. The van der Waals surface area contributed by atoms with Gasteiger partial charge in [-0.2, -0.15) is 0 Å². The molecule has 1 N–H and O–H groups in total. The monoisotopic (exact) mass is 214 g/mol. The summed E-state index contributed by atoms with van der Waals surface area (Å²) in [6.45, 7) is 9.42. The van der Waals surface area contributed by atoms with Crippen molar-refractivity contribution in [1.82, 2.24) is 4.98 Å². The highest BCUT2D eigenvalue weighted by Gasteiger charge is 2.14. The van der Waals surface area contributed by atoms with Crippen molar-refractivity contribution >= 4 is 16.5 Å². The Labute approximate surface area is 89.4 Å². The molecule has 0 atom stereocenters. The minimum atomic E-state index is 0.0964. The first-order chi connectivity index (χ1) is 6.60. The first-order valence-electron chi connectivity index (χ1n) is 4.94. The third kappa shape index (κ3) is 2.25. The van der Waals surface area contributed by atoms with Crippen LogP contribution in [0, 0.1) is 6.92 Å². The Bertz CT molecular complexity index is 296. The first-order valence-corrected chi connectivity index (χ1v) is 5.75. The second-order valence-electron chi connectivity index (χ2n) is 3.54. The summed E-state index contributed by atoms with van der Waals surface area (Å²) in [7, 11) is 0. The van der Waals surface area contributed by atoms with Crippen molar-refractivity contribution in [2.45, 2.75) is 40.3 Å². The number of hydrogen-bond acceptors (Lipinski definition) is 4. The van der Waals surface area contributed by atoms with Crippen LogP contribution in [0.4, 0.5) is 5.13 Å². The van der Waals surface area contributed by atoms with Gasteiger partial charge in [-0.1, -0.05) is 11.3 Å². The Hall–Kier alpha value is -0.610. The van der Waals surface area contributed by atoms with E-state index >= 15 is 0 Å². The van der Waals surface area contributed by atoms with Crippen LogP contribution in [0.15, 0.2) is 0 Å². The lowest BCUT2D eigenvalue weighted by atomic mass is 10.3. The predicted octanol–water partition coefficient (Wildman–Crippen LogP) is 2.18. The molecular formula is C10H18N2OS. The van der Waals surface area contributed by atoms with E-state index in [1.165, 1.54) is 0 Å². The Kier molecular flexibility index (Phi) is 3.89. The molecule has 0 unspecified atom stereocenters. The molecule has 0 aliphatic heterocycles. The number of aliphatic hydroxyl groups excluding tert-OH is 1. The van der Waals surface area contributed by atoms with Gasteiger partial charge in [-0.15, -0.1) is 0 Å². The molecule has 1 rings (SSSR count). The molecule has 1 aromatic rings. The Morgan fingerprint density at radius 3 is 2.50 bits per heavy atom. The van der Waals surface area contributed by atoms with E-state index in [9.17, 15) is 0 Å². The van der Waals surface area contributed by atoms with Crippen molar-refractivity contribution in [3.05, 3.63) is 10.6 Å². The molecule has 0 bridgehead atoms. The number of aromatic nitrogens is 1. The fourth-order valence-electron chi connectivity index (χ4n) is 1.40. The van der Waals surface area contributed by atoms with E-state index < -0.39 is 0 Å². The zero-order chi connectivity index (χ0) is 10.7. The predicted molar refractivity (Wildman–Crippen MR) is 60.9 cm³/mol. The fraction of sp³-hybridized carbons (Fsp3) is 0.700. The van der Waals surface area contributed by atoms with Crippen LogP contribution in [0.3, 0.4) is 0 Å². The summed E-state index contributed by atoms with van der Waals surface area (Å²) < 4.78 is 0. The molecule has 1 aromatic heterocycles. The van der Waals surface area contributed by atoms with Crippen LogP contribution in [0.2, 0.25) is 0 Å². The van der Waals surface area contributed by atoms with Crippen LogP contribution >= 0.6 is 11.3 Å². The molecule has 1 heterocycles. The third-order valence-corrected chi connectivity index (χ3v) is 3.41. The van der Waals surface area contributed by atoms with E-state index in [1.54, 1.807) is 11.3 Å². The smallest absolute Gasteiger partial charge is 0.186 e. The number of aryl methyl sites for hydroxylation is 1. The van der Waals surface area contributed by atoms with Crippen molar-refractivity contribution in [2.24, 2.45) is 0 Å². The molecule has 0 amide bonds. The number of thiazole rings is 1. The van der Waals surface area contributed by atoms with E-state index in [0.29, 0.717) is 6.04 Å². The normalized spacial score (nSPS) is 11.0. The van der Waals surface area contributed by atoms with Gasteiger partial charge >= 0.3 is 0 Å². The molecule has 14 heavy (non-hydrogen) atoms. The summed E-state index contributed by atoms with van der Waals surface area (Å²) in [5, 5.41) is 10.1. The molecule has 0 saturated carbocycles. The maximum Gasteiger partial charge on any atom is 0.186 e. The maximum absolute atomic E-state index is 9.08. The zero-order valence-electron chi connectivity index (χ0n) is 9.24. The lowest BCUT2D eigenvalue weighted by Crippen LogP contribution is -2.30. The van der Waals surface area contributed by atoms with Crippen molar-refractivity contribution in [3.8, 4) is 0 Å². The van der Waals surface area contributed by atoms with E-state index in [2.05, 4.69) is 30.7 Å². The van der Waals surface area contributed by atoms with Crippen LogP contribution < -0.4 is 4.90 Å². The average Bonchev–Trinajstić information content (AvgIpc) is 2.47. The quantitative estimate of drug-likeness (QED) is 0.834. The summed E-state index contributed by atoms with van der Waals surface area (Å²) in [4.78, 5) is 7.66. The van der Waals surface area contributed by atoms with Gasteiger partial charge in [-0.3, -0.25) is 0 Å². The van der Waals surface area contributed by atoms with Crippen molar-refractivity contribution in [2.75, 3.05) is 11.4 Å². The second-order valence-corrected chi connectivity index (χ2v) is 4.60. The summed E-state index contributed by atoms with van der Waals surface area (Å²) in [6, 6.07) is 0.456. The largest absolute Gasteiger partial charge is 0.391 e. The standard InChI is InChI=1S/C10H18N2OS/c1-5-12(7(2)3)10-11-8(4)9(6-13)14-10/h7,13H,5-6H2,1-4H3. The lowest BCUT2D eigenvalue weighted by molar-refractivity contribution is 0.284. The van der Waals surface area contributed by atoms with Gasteiger partial charge in [-0.05, 0) is 27.7 Å². The van der Waals surface area contributed by atoms with Crippen molar-refractivity contribution in [1.29, 1.82) is 0 Å². The highest BCUT2D eigenvalue weighted by atomic mass is 32.1. The van der Waals surface area contributed by atoms with Crippen LogP contribution in [0.25, 0.3) is 0 Å². The first kappa shape index (κ1) is 11.5. The third-order valence-electron chi connectivity index (χ3n) is 2.23. The highest BCUT2D eigenvalue weighted by Crippen LogP contribution is 2.27. The highest BCUT2D eigenvalue weighted by molar-refractivity contribution is 7.15. The molecule has 0 aromatic carbocycles. The van der Waals surface area contributed by atoms with Gasteiger partial charge in [-0.25, -0.2) is 4.98 Å². The van der Waals surface area contributed by atoms with E-state index in [4.69, 9.17) is 5.11 Å². The van der Waals surface area contributed by atoms with Crippen LogP contribution in [-0.4, -0.2) is 22.7 Å². The van der Waals surface area contributed by atoms with Crippen LogP contribution in [-0.2, 0) is 6.61 Å². The second kappa shape index (κ2) is 4.75. The van der Waals surface area contributed by atoms with Crippen molar-refractivity contribution < 1.29 is 5.11 Å². The van der Waals surface area contributed by atoms with Gasteiger partial charge < -0.3 is 10.0 Å². The van der Waals surface area contributed by atoms with Gasteiger partial charge in [0.25, 0.3) is 0 Å². The number of aliphatic hydroxyl groups is 1. The van der Waals surface area contributed by atoms with E-state index in [-0.39, 0.29) is 6.61 Å². The minimum absolute atomic E-state index is 0.0964. The summed E-state index contributed by atoms with van der Waals surface area (Å²) in [5.41, 5.74) is 0.951. The van der Waals surface area contributed by atoms with Gasteiger partial charge in [0.05, 0.1) is 17.2 Å². The molecule has 3 nitrogen and oxygen atoms in total. The Morgan fingerprint density at radius 2 is 2.14 bits per heavy atom. The summed E-state index contributed by atoms with van der Waals surface area (Å²) >= 11 is 1.59. The molecule has 0 saturated heterocycles. The molecule has 0 aliphatic carbocycles. The zero-order valence-corrected chi connectivity index (χ0v) is 10.1. The van der Waals surface area contributed by atoms with Gasteiger partial charge in [0, 0.05) is 12.6 Å². The molecule has 0 radical (unpaired) electrons. The number of hydrogen-bond donors (Lipinski definition) is 1. The topological polar surface area (TPSA) is 36.4 Å². The van der Waals surface area contributed by atoms with Gasteiger partial charge in [0.2, 0.25) is 0 Å². The SMILES string of the molecule is CCN(c1nc(C)c(CO)s1)C(C)C. The fourth-order valence-corrected chi connectivity index (χ4v) is 2.52. The number of anilines is 1. The molecule has 0 spiro atoms. The Balaban J connectivity index is 2.93. The summed E-state index contributed by atoms with van der Waals surface area (Å²) in [6.07, 6.45) is 0. The van der Waals surface area contributed by atoms with Crippen molar-refractivity contribution in [3.63, 3.8) is 0 Å². The molecule has 0 aliphatic rings. The molecule has 0 fully saturated rings. The van der Waals surface area contributed by atoms with E-state index in [1.807, 2.05) is 6.92 Å². The number of nitrogens with zero attached hydrogens (tertiary/aromatic N) is 2. The maximum atomic E-state index is 9.08. The minimum Gasteiger partial charge on any atom is -0.391 e. The van der Waals surface area contributed by atoms with Crippen LogP contribution in [0.5, 0.6) is 0 Å². The average molecular weight is 214 g/mol. The van der Waals surface area contributed by atoms with Crippen LogP contribution in [0.1, 0.15) is 31.3 Å². The summed E-state index contributed by atoms with van der Waals surface area (Å²) in [5.74, 6) is 0. The molecule has 80 valence electrons. The Morgan fingerprint density at radius 1 is 1.50 bits per heavy atom. The molecule has 4 heteroatoms. The van der Waals surface area contributed by atoms with Gasteiger partial charge in [0.15, 0.2) is 5.13 Å². The van der Waals surface area contributed by atoms with E-state index in [0.717, 1.165) is 22.2 Å².